The molecule has 0 heterocycles. The van der Waals surface area contributed by atoms with Gasteiger partial charge >= 0.3 is 0 Å². The molecule has 0 spiro atoms. The SMILES string of the molecule is C/C(Cc1ccccc1)=N/NC(=O)CCC(=O)Nc1ccc(Br)cc1. The van der Waals surface area contributed by atoms with Crippen LogP contribution >= 0.6 is 15.9 Å². The maximum atomic E-state index is 11.8. The van der Waals surface area contributed by atoms with Gasteiger partial charge < -0.3 is 5.32 Å². The topological polar surface area (TPSA) is 70.6 Å². The Balaban J connectivity index is 1.71. The number of nitrogens with one attached hydrogen (secondary N) is 2. The summed E-state index contributed by atoms with van der Waals surface area (Å²) in [6.45, 7) is 1.85. The van der Waals surface area contributed by atoms with Gasteiger partial charge in [-0.1, -0.05) is 46.3 Å². The van der Waals surface area contributed by atoms with Gasteiger partial charge in [0, 0.05) is 35.1 Å². The minimum atomic E-state index is -0.279. The van der Waals surface area contributed by atoms with Gasteiger partial charge in [0.05, 0.1) is 0 Å². The van der Waals surface area contributed by atoms with Crippen molar-refractivity contribution < 1.29 is 9.59 Å². The molecule has 2 aromatic carbocycles. The van der Waals surface area contributed by atoms with Crippen molar-refractivity contribution >= 4 is 39.1 Å². The molecular formula is C19H20BrN3O2. The van der Waals surface area contributed by atoms with E-state index in [9.17, 15) is 9.59 Å². The number of carbonyl (C=O) groups excluding carboxylic acids is 2. The molecule has 0 aliphatic carbocycles. The van der Waals surface area contributed by atoms with Crippen molar-refractivity contribution in [2.45, 2.75) is 26.2 Å². The highest BCUT2D eigenvalue weighted by Crippen LogP contribution is 2.14. The predicted molar refractivity (Wildman–Crippen MR) is 103 cm³/mol. The molecule has 0 unspecified atom stereocenters. The zero-order chi connectivity index (χ0) is 18.1. The highest BCUT2D eigenvalue weighted by molar-refractivity contribution is 9.10. The zero-order valence-electron chi connectivity index (χ0n) is 14.0. The van der Waals surface area contributed by atoms with Crippen LogP contribution in [0.3, 0.4) is 0 Å². The molecule has 0 aromatic heterocycles. The largest absolute Gasteiger partial charge is 0.326 e. The summed E-state index contributed by atoms with van der Waals surface area (Å²) in [5.41, 5.74) is 5.13. The first kappa shape index (κ1) is 18.9. The van der Waals surface area contributed by atoms with Crippen LogP contribution in [-0.2, 0) is 16.0 Å². The Bertz CT molecular complexity index is 743. The molecule has 25 heavy (non-hydrogen) atoms. The lowest BCUT2D eigenvalue weighted by molar-refractivity contribution is -0.124. The van der Waals surface area contributed by atoms with Crippen LogP contribution in [0.1, 0.15) is 25.3 Å². The minimum absolute atomic E-state index is 0.0878. The van der Waals surface area contributed by atoms with Crippen LogP contribution in [0.2, 0.25) is 0 Å². The Labute approximate surface area is 155 Å². The van der Waals surface area contributed by atoms with Crippen LogP contribution in [0.25, 0.3) is 0 Å². The number of benzene rings is 2. The summed E-state index contributed by atoms with van der Waals surface area (Å²) in [6.07, 6.45) is 0.866. The number of hydrogen-bond acceptors (Lipinski definition) is 3. The average Bonchev–Trinajstić information content (AvgIpc) is 2.61. The molecule has 0 fully saturated rings. The van der Waals surface area contributed by atoms with E-state index >= 15 is 0 Å². The van der Waals surface area contributed by atoms with Crippen LogP contribution in [0.5, 0.6) is 0 Å². The standard InChI is InChI=1S/C19H20BrN3O2/c1-14(13-15-5-3-2-4-6-15)22-23-19(25)12-11-18(24)21-17-9-7-16(20)8-10-17/h2-10H,11-13H2,1H3,(H,21,24)(H,23,25)/b22-14-. The molecular weight excluding hydrogens is 382 g/mol. The molecule has 0 saturated heterocycles. The number of hydrogen-bond donors (Lipinski definition) is 2. The highest BCUT2D eigenvalue weighted by Gasteiger charge is 2.07. The number of nitrogens with zero attached hydrogens (tertiary/aromatic N) is 1. The number of rotatable bonds is 7. The third-order valence-electron chi connectivity index (χ3n) is 3.38. The summed E-state index contributed by atoms with van der Waals surface area (Å²) in [7, 11) is 0. The zero-order valence-corrected chi connectivity index (χ0v) is 15.5. The Hall–Kier alpha value is -2.47. The summed E-state index contributed by atoms with van der Waals surface area (Å²) in [5.74, 6) is -0.485. The van der Waals surface area contributed by atoms with Gasteiger partial charge in [-0.3, -0.25) is 9.59 Å². The van der Waals surface area contributed by atoms with E-state index in [1.165, 1.54) is 0 Å². The molecule has 130 valence electrons. The van der Waals surface area contributed by atoms with E-state index in [2.05, 4.69) is 31.8 Å². The fraction of sp³-hybridized carbons (Fsp3) is 0.211. The van der Waals surface area contributed by atoms with Gasteiger partial charge in [0.1, 0.15) is 0 Å². The number of carbonyl (C=O) groups is 2. The molecule has 0 radical (unpaired) electrons. The van der Waals surface area contributed by atoms with Crippen molar-refractivity contribution in [2.75, 3.05) is 5.32 Å². The van der Waals surface area contributed by atoms with Crippen molar-refractivity contribution in [3.05, 3.63) is 64.6 Å². The van der Waals surface area contributed by atoms with Crippen LogP contribution in [-0.4, -0.2) is 17.5 Å². The lowest BCUT2D eigenvalue weighted by atomic mass is 10.1. The summed E-state index contributed by atoms with van der Waals surface area (Å²) >= 11 is 3.33. The van der Waals surface area contributed by atoms with E-state index in [1.807, 2.05) is 49.4 Å². The number of amides is 2. The molecule has 5 nitrogen and oxygen atoms in total. The van der Waals surface area contributed by atoms with E-state index in [0.717, 1.165) is 15.7 Å². The number of hydrazone groups is 1. The van der Waals surface area contributed by atoms with Gasteiger partial charge in [0.25, 0.3) is 0 Å². The monoisotopic (exact) mass is 401 g/mol. The van der Waals surface area contributed by atoms with Crippen molar-refractivity contribution in [1.29, 1.82) is 0 Å². The first-order chi connectivity index (χ1) is 12.0. The smallest absolute Gasteiger partial charge is 0.240 e. The summed E-state index contributed by atoms with van der Waals surface area (Å²) in [6, 6.07) is 17.2. The predicted octanol–water partition coefficient (Wildman–Crippen LogP) is 3.90. The molecule has 0 aliphatic heterocycles. The average molecular weight is 402 g/mol. The third-order valence-corrected chi connectivity index (χ3v) is 3.91. The summed E-state index contributed by atoms with van der Waals surface area (Å²) in [4.78, 5) is 23.6. The van der Waals surface area contributed by atoms with Crippen molar-refractivity contribution in [2.24, 2.45) is 5.10 Å². The molecule has 0 atom stereocenters. The summed E-state index contributed by atoms with van der Waals surface area (Å²) in [5, 5.41) is 6.82. The molecule has 0 bridgehead atoms. The van der Waals surface area contributed by atoms with E-state index in [0.29, 0.717) is 12.1 Å². The van der Waals surface area contributed by atoms with Gasteiger partial charge in [-0.05, 0) is 36.8 Å². The molecule has 0 aliphatic rings. The van der Waals surface area contributed by atoms with E-state index < -0.39 is 0 Å². The van der Waals surface area contributed by atoms with Crippen molar-refractivity contribution in [3.63, 3.8) is 0 Å². The van der Waals surface area contributed by atoms with Gasteiger partial charge in [0.15, 0.2) is 0 Å². The maximum absolute atomic E-state index is 11.8. The van der Waals surface area contributed by atoms with Gasteiger partial charge in [-0.15, -0.1) is 0 Å². The number of halogens is 1. The number of anilines is 1. The lowest BCUT2D eigenvalue weighted by Crippen LogP contribution is -2.22. The van der Waals surface area contributed by atoms with E-state index in [-0.39, 0.29) is 24.7 Å². The minimum Gasteiger partial charge on any atom is -0.326 e. The molecule has 2 aromatic rings. The first-order valence-corrected chi connectivity index (χ1v) is 8.73. The van der Waals surface area contributed by atoms with Gasteiger partial charge in [-0.25, -0.2) is 5.43 Å². The van der Waals surface area contributed by atoms with Crippen LogP contribution < -0.4 is 10.7 Å². The van der Waals surface area contributed by atoms with Crippen molar-refractivity contribution in [3.8, 4) is 0 Å². The third kappa shape index (κ3) is 7.30. The second-order valence-corrected chi connectivity index (χ2v) is 6.52. The second kappa shape index (κ2) is 9.74. The molecule has 0 saturated carbocycles. The Morgan fingerprint density at radius 3 is 2.28 bits per heavy atom. The van der Waals surface area contributed by atoms with Gasteiger partial charge in [-0.2, -0.15) is 5.10 Å². The Kier molecular flexibility index (Phi) is 7.35. The Morgan fingerprint density at radius 2 is 1.60 bits per heavy atom. The van der Waals surface area contributed by atoms with Crippen LogP contribution in [0, 0.1) is 0 Å². The molecule has 2 amide bonds. The molecule has 2 rings (SSSR count). The van der Waals surface area contributed by atoms with Crippen LogP contribution in [0.15, 0.2) is 64.2 Å². The van der Waals surface area contributed by atoms with Gasteiger partial charge in [0.2, 0.25) is 11.8 Å². The Morgan fingerprint density at radius 1 is 0.960 bits per heavy atom. The van der Waals surface area contributed by atoms with E-state index in [1.54, 1.807) is 12.1 Å². The van der Waals surface area contributed by atoms with Crippen LogP contribution in [0.4, 0.5) is 5.69 Å². The normalized spacial score (nSPS) is 11.0. The first-order valence-electron chi connectivity index (χ1n) is 7.94. The maximum Gasteiger partial charge on any atom is 0.240 e. The molecule has 2 N–H and O–H groups in total. The lowest BCUT2D eigenvalue weighted by Gasteiger charge is -2.05. The fourth-order valence-electron chi connectivity index (χ4n) is 2.13. The quantitative estimate of drug-likeness (QED) is 0.545. The fourth-order valence-corrected chi connectivity index (χ4v) is 2.39. The second-order valence-electron chi connectivity index (χ2n) is 5.60. The molecule has 6 heteroatoms. The highest BCUT2D eigenvalue weighted by atomic mass is 79.9. The summed E-state index contributed by atoms with van der Waals surface area (Å²) < 4.78 is 0.939. The van der Waals surface area contributed by atoms with Crippen molar-refractivity contribution in [1.82, 2.24) is 5.43 Å². The van der Waals surface area contributed by atoms with E-state index in [4.69, 9.17) is 0 Å².